The van der Waals surface area contributed by atoms with Gasteiger partial charge in [0.2, 0.25) is 11.8 Å². The third kappa shape index (κ3) is 5.44. The van der Waals surface area contributed by atoms with E-state index in [9.17, 15) is 9.59 Å². The molecule has 0 unspecified atom stereocenters. The van der Waals surface area contributed by atoms with E-state index in [1.807, 2.05) is 38.1 Å². The zero-order valence-electron chi connectivity index (χ0n) is 17.0. The van der Waals surface area contributed by atoms with Gasteiger partial charge < -0.3 is 10.6 Å². The molecule has 2 N–H and O–H groups in total. The predicted molar refractivity (Wildman–Crippen MR) is 113 cm³/mol. The lowest BCUT2D eigenvalue weighted by Crippen LogP contribution is -2.35. The van der Waals surface area contributed by atoms with Crippen LogP contribution in [-0.4, -0.2) is 11.8 Å². The number of carbonyl (C=O) groups is 2. The fourth-order valence-electron chi connectivity index (χ4n) is 3.95. The molecule has 1 saturated carbocycles. The smallest absolute Gasteiger partial charge is 0.227 e. The largest absolute Gasteiger partial charge is 0.352 e. The molecule has 28 heavy (non-hydrogen) atoms. The van der Waals surface area contributed by atoms with E-state index in [1.165, 1.54) is 5.56 Å². The second-order valence-corrected chi connectivity index (χ2v) is 8.12. The summed E-state index contributed by atoms with van der Waals surface area (Å²) < 4.78 is 0. The first-order valence-corrected chi connectivity index (χ1v) is 10.1. The lowest BCUT2D eigenvalue weighted by molar-refractivity contribution is -0.128. The van der Waals surface area contributed by atoms with Crippen LogP contribution in [0.4, 0.5) is 5.69 Å². The van der Waals surface area contributed by atoms with Crippen LogP contribution in [0.5, 0.6) is 0 Å². The summed E-state index contributed by atoms with van der Waals surface area (Å²) >= 11 is 0. The van der Waals surface area contributed by atoms with Crippen LogP contribution in [0.2, 0.25) is 0 Å². The molecule has 0 aliphatic heterocycles. The highest BCUT2D eigenvalue weighted by molar-refractivity contribution is 5.93. The van der Waals surface area contributed by atoms with Gasteiger partial charge in [-0.2, -0.15) is 0 Å². The van der Waals surface area contributed by atoms with Crippen LogP contribution in [0.15, 0.2) is 42.5 Å². The number of carbonyl (C=O) groups excluding carboxylic acids is 2. The molecule has 1 fully saturated rings. The van der Waals surface area contributed by atoms with Gasteiger partial charge in [0.1, 0.15) is 0 Å². The lowest BCUT2D eigenvalue weighted by Gasteiger charge is -2.27. The third-order valence-electron chi connectivity index (χ3n) is 5.55. The van der Waals surface area contributed by atoms with Crippen LogP contribution >= 0.6 is 0 Å². The van der Waals surface area contributed by atoms with E-state index in [2.05, 4.69) is 35.8 Å². The number of nitrogens with one attached hydrogen (secondary N) is 2. The third-order valence-corrected chi connectivity index (χ3v) is 5.55. The van der Waals surface area contributed by atoms with Gasteiger partial charge in [-0.1, -0.05) is 35.9 Å². The summed E-state index contributed by atoms with van der Waals surface area (Å²) in [6.07, 6.45) is 3.06. The quantitative estimate of drug-likeness (QED) is 0.794. The molecular formula is C24H30N2O2. The van der Waals surface area contributed by atoms with Crippen molar-refractivity contribution in [2.45, 2.75) is 53.0 Å². The van der Waals surface area contributed by atoms with Crippen LogP contribution in [-0.2, 0) is 16.1 Å². The molecule has 4 nitrogen and oxygen atoms in total. The number of hydrogen-bond acceptors (Lipinski definition) is 2. The number of aryl methyl sites for hydroxylation is 3. The maximum atomic E-state index is 12.6. The van der Waals surface area contributed by atoms with Crippen molar-refractivity contribution in [3.8, 4) is 0 Å². The number of hydrogen-bond donors (Lipinski definition) is 2. The molecule has 1 aliphatic carbocycles. The van der Waals surface area contributed by atoms with E-state index in [1.54, 1.807) is 0 Å². The van der Waals surface area contributed by atoms with Gasteiger partial charge in [0, 0.05) is 24.1 Å². The maximum Gasteiger partial charge on any atom is 0.227 e. The molecular weight excluding hydrogens is 348 g/mol. The zero-order chi connectivity index (χ0) is 20.1. The second-order valence-electron chi connectivity index (χ2n) is 8.12. The first-order valence-electron chi connectivity index (χ1n) is 10.1. The molecule has 2 amide bonds. The van der Waals surface area contributed by atoms with E-state index in [-0.39, 0.29) is 23.7 Å². The topological polar surface area (TPSA) is 58.2 Å². The monoisotopic (exact) mass is 378 g/mol. The molecule has 0 heterocycles. The maximum absolute atomic E-state index is 12.6. The highest BCUT2D eigenvalue weighted by atomic mass is 16.2. The summed E-state index contributed by atoms with van der Waals surface area (Å²) in [5.41, 5.74) is 5.47. The Morgan fingerprint density at radius 2 is 1.32 bits per heavy atom. The van der Waals surface area contributed by atoms with Gasteiger partial charge in [0.25, 0.3) is 0 Å². The van der Waals surface area contributed by atoms with Gasteiger partial charge in [-0.3, -0.25) is 9.59 Å². The van der Waals surface area contributed by atoms with Crippen molar-refractivity contribution in [3.05, 3.63) is 64.7 Å². The van der Waals surface area contributed by atoms with E-state index in [4.69, 9.17) is 0 Å². The highest BCUT2D eigenvalue weighted by Gasteiger charge is 2.29. The van der Waals surface area contributed by atoms with Crippen molar-refractivity contribution in [1.82, 2.24) is 5.32 Å². The van der Waals surface area contributed by atoms with E-state index >= 15 is 0 Å². The van der Waals surface area contributed by atoms with Crippen molar-refractivity contribution in [2.24, 2.45) is 11.8 Å². The SMILES string of the molecule is Cc1ccc(CNC(=O)C2CCC(C(=O)Nc3cc(C)cc(C)c3)CC2)cc1. The zero-order valence-corrected chi connectivity index (χ0v) is 17.0. The normalized spacial score (nSPS) is 19.1. The van der Waals surface area contributed by atoms with Crippen molar-refractivity contribution in [3.63, 3.8) is 0 Å². The number of rotatable bonds is 5. The van der Waals surface area contributed by atoms with Crippen molar-refractivity contribution < 1.29 is 9.59 Å². The van der Waals surface area contributed by atoms with Crippen LogP contribution in [0.1, 0.15) is 47.9 Å². The van der Waals surface area contributed by atoms with Gasteiger partial charge in [-0.25, -0.2) is 0 Å². The minimum atomic E-state index is -0.0121. The number of anilines is 1. The lowest BCUT2D eigenvalue weighted by atomic mass is 9.81. The van der Waals surface area contributed by atoms with Gasteiger partial charge in [-0.15, -0.1) is 0 Å². The van der Waals surface area contributed by atoms with Gasteiger partial charge in [0.05, 0.1) is 0 Å². The highest BCUT2D eigenvalue weighted by Crippen LogP contribution is 2.30. The van der Waals surface area contributed by atoms with E-state index in [0.29, 0.717) is 6.54 Å². The molecule has 1 aliphatic rings. The molecule has 0 atom stereocenters. The molecule has 2 aromatic carbocycles. The van der Waals surface area contributed by atoms with Crippen LogP contribution < -0.4 is 10.6 Å². The summed E-state index contributed by atoms with van der Waals surface area (Å²) in [6.45, 7) is 6.68. The fraction of sp³-hybridized carbons (Fsp3) is 0.417. The molecule has 0 aromatic heterocycles. The first-order chi connectivity index (χ1) is 13.4. The summed E-state index contributed by atoms with van der Waals surface area (Å²) in [5.74, 6) is 0.176. The van der Waals surface area contributed by atoms with Crippen LogP contribution in [0, 0.1) is 32.6 Å². The molecule has 148 valence electrons. The Hall–Kier alpha value is -2.62. The molecule has 0 radical (unpaired) electrons. The Morgan fingerprint density at radius 1 is 0.786 bits per heavy atom. The molecule has 0 spiro atoms. The molecule has 2 aromatic rings. The van der Waals surface area contributed by atoms with Crippen LogP contribution in [0.25, 0.3) is 0 Å². The summed E-state index contributed by atoms with van der Waals surface area (Å²) in [4.78, 5) is 25.1. The Balaban J connectivity index is 1.46. The average molecular weight is 379 g/mol. The molecule has 0 saturated heterocycles. The summed E-state index contributed by atoms with van der Waals surface area (Å²) in [7, 11) is 0. The van der Waals surface area contributed by atoms with Gasteiger partial charge >= 0.3 is 0 Å². The molecule has 4 heteroatoms. The average Bonchev–Trinajstić information content (AvgIpc) is 2.66. The predicted octanol–water partition coefficient (Wildman–Crippen LogP) is 4.67. The summed E-state index contributed by atoms with van der Waals surface area (Å²) in [5, 5.41) is 6.09. The van der Waals surface area contributed by atoms with Gasteiger partial charge in [-0.05, 0) is 75.3 Å². The number of amides is 2. The Morgan fingerprint density at radius 3 is 1.89 bits per heavy atom. The Kier molecular flexibility index (Phi) is 6.50. The van der Waals surface area contributed by atoms with Gasteiger partial charge in [0.15, 0.2) is 0 Å². The van der Waals surface area contributed by atoms with E-state index < -0.39 is 0 Å². The number of benzene rings is 2. The second kappa shape index (κ2) is 9.05. The van der Waals surface area contributed by atoms with Crippen LogP contribution in [0.3, 0.4) is 0 Å². The molecule has 0 bridgehead atoms. The van der Waals surface area contributed by atoms with Crippen molar-refractivity contribution >= 4 is 17.5 Å². The Labute approximate surface area is 167 Å². The van der Waals surface area contributed by atoms with Crippen molar-refractivity contribution in [2.75, 3.05) is 5.32 Å². The minimum Gasteiger partial charge on any atom is -0.352 e. The first kappa shape index (κ1) is 20.1. The molecule has 3 rings (SSSR count). The Bertz CT molecular complexity index is 814. The fourth-order valence-corrected chi connectivity index (χ4v) is 3.95. The standard InChI is InChI=1S/C24H30N2O2/c1-16-4-6-19(7-5-16)15-25-23(27)20-8-10-21(11-9-20)24(28)26-22-13-17(2)12-18(3)14-22/h4-7,12-14,20-21H,8-11,15H2,1-3H3,(H,25,27)(H,26,28). The minimum absolute atomic E-state index is 0.00992. The van der Waals surface area contributed by atoms with Crippen molar-refractivity contribution in [1.29, 1.82) is 0 Å². The summed E-state index contributed by atoms with van der Waals surface area (Å²) in [6, 6.07) is 14.3. The van der Waals surface area contributed by atoms with E-state index in [0.717, 1.165) is 48.1 Å².